The Hall–Kier alpha value is -0.880. The maximum atomic E-state index is 11.3. The third kappa shape index (κ3) is 9.21. The highest BCUT2D eigenvalue weighted by molar-refractivity contribution is 5.78. The van der Waals surface area contributed by atoms with Crippen molar-refractivity contribution >= 4 is 11.7 Å². The van der Waals surface area contributed by atoms with Gasteiger partial charge in [-0.3, -0.25) is 4.79 Å². The summed E-state index contributed by atoms with van der Waals surface area (Å²) in [6, 6.07) is 0. The van der Waals surface area contributed by atoms with E-state index in [2.05, 4.69) is 6.92 Å². The standard InChI is InChI=1S/C12H20O2/c1-2-3-4-6-9-12(14)10-7-5-8-11-13/h8H,2-7,9-10H2,1H3. The molecule has 0 rings (SSSR count). The van der Waals surface area contributed by atoms with Crippen LogP contribution in [-0.2, 0) is 9.59 Å². The largest absolute Gasteiger partial charge is 0.300 e. The number of carbonyl (C=O) groups excluding carboxylic acids is 2. The lowest BCUT2D eigenvalue weighted by Crippen LogP contribution is -1.97. The number of Topliss-reactive ketones (excluding diaryl/α,β-unsaturated/α-hetero) is 1. The van der Waals surface area contributed by atoms with Gasteiger partial charge in [-0.05, 0) is 25.3 Å². The minimum absolute atomic E-state index is 0.334. The zero-order valence-electron chi connectivity index (χ0n) is 9.05. The molecule has 0 fully saturated rings. The van der Waals surface area contributed by atoms with Crippen molar-refractivity contribution in [3.05, 3.63) is 6.08 Å². The van der Waals surface area contributed by atoms with E-state index in [0.717, 1.165) is 19.3 Å². The first-order valence-corrected chi connectivity index (χ1v) is 5.52. The highest BCUT2D eigenvalue weighted by Gasteiger charge is 2.00. The minimum Gasteiger partial charge on any atom is -0.300 e. The van der Waals surface area contributed by atoms with Crippen molar-refractivity contribution in [1.29, 1.82) is 0 Å². The summed E-state index contributed by atoms with van der Waals surface area (Å²) >= 11 is 0. The Morgan fingerprint density at radius 2 is 1.86 bits per heavy atom. The van der Waals surface area contributed by atoms with E-state index >= 15 is 0 Å². The van der Waals surface area contributed by atoms with E-state index in [4.69, 9.17) is 0 Å². The fraction of sp³-hybridized carbons (Fsp3) is 0.750. The molecule has 0 saturated carbocycles. The van der Waals surface area contributed by atoms with E-state index in [-0.39, 0.29) is 0 Å². The summed E-state index contributed by atoms with van der Waals surface area (Å²) in [6.07, 6.45) is 8.87. The third-order valence-corrected chi connectivity index (χ3v) is 2.20. The van der Waals surface area contributed by atoms with Crippen molar-refractivity contribution in [2.24, 2.45) is 0 Å². The summed E-state index contributed by atoms with van der Waals surface area (Å²) in [5, 5.41) is 0. The van der Waals surface area contributed by atoms with Crippen LogP contribution in [0.2, 0.25) is 0 Å². The molecular formula is C12H20O2. The van der Waals surface area contributed by atoms with Gasteiger partial charge in [0.25, 0.3) is 0 Å². The van der Waals surface area contributed by atoms with Crippen molar-refractivity contribution in [3.8, 4) is 0 Å². The second-order valence-corrected chi connectivity index (χ2v) is 3.56. The predicted molar refractivity (Wildman–Crippen MR) is 57.9 cm³/mol. The molecule has 0 aromatic carbocycles. The number of rotatable bonds is 9. The molecule has 0 atom stereocenters. The zero-order chi connectivity index (χ0) is 10.6. The summed E-state index contributed by atoms with van der Waals surface area (Å²) in [6.45, 7) is 2.16. The summed E-state index contributed by atoms with van der Waals surface area (Å²) in [5.41, 5.74) is 0. The van der Waals surface area contributed by atoms with E-state index in [1.54, 1.807) is 5.94 Å². The quantitative estimate of drug-likeness (QED) is 0.419. The molecule has 0 N–H and O–H groups in total. The van der Waals surface area contributed by atoms with Crippen LogP contribution < -0.4 is 0 Å². The molecule has 0 amide bonds. The molecule has 2 nitrogen and oxygen atoms in total. The average molecular weight is 196 g/mol. The number of unbranched alkanes of at least 4 members (excludes halogenated alkanes) is 4. The SMILES string of the molecule is CCCCCCC(=O)CCCC=C=O. The van der Waals surface area contributed by atoms with Crippen LogP contribution in [0.1, 0.15) is 58.3 Å². The highest BCUT2D eigenvalue weighted by Crippen LogP contribution is 2.06. The van der Waals surface area contributed by atoms with Gasteiger partial charge in [0.2, 0.25) is 0 Å². The molecule has 0 aliphatic rings. The van der Waals surface area contributed by atoms with Gasteiger partial charge in [0.15, 0.2) is 0 Å². The second kappa shape index (κ2) is 10.2. The van der Waals surface area contributed by atoms with Gasteiger partial charge in [-0.25, -0.2) is 4.79 Å². The lowest BCUT2D eigenvalue weighted by molar-refractivity contribution is -0.119. The Morgan fingerprint density at radius 3 is 2.50 bits per heavy atom. The van der Waals surface area contributed by atoms with E-state index in [1.807, 2.05) is 0 Å². The first kappa shape index (κ1) is 13.1. The fourth-order valence-electron chi connectivity index (χ4n) is 1.33. The number of hydrogen-bond acceptors (Lipinski definition) is 2. The highest BCUT2D eigenvalue weighted by atomic mass is 16.1. The van der Waals surface area contributed by atoms with Gasteiger partial charge in [-0.2, -0.15) is 0 Å². The maximum absolute atomic E-state index is 11.3. The Morgan fingerprint density at radius 1 is 1.14 bits per heavy atom. The molecule has 0 aliphatic carbocycles. The third-order valence-electron chi connectivity index (χ3n) is 2.20. The molecule has 0 unspecified atom stereocenters. The van der Waals surface area contributed by atoms with Gasteiger partial charge in [-0.15, -0.1) is 0 Å². The number of ketones is 1. The second-order valence-electron chi connectivity index (χ2n) is 3.56. The van der Waals surface area contributed by atoms with Crippen molar-refractivity contribution in [2.45, 2.75) is 58.3 Å². The molecule has 14 heavy (non-hydrogen) atoms. The Kier molecular flexibility index (Phi) is 9.56. The molecule has 0 aliphatic heterocycles. The van der Waals surface area contributed by atoms with E-state index in [0.29, 0.717) is 25.0 Å². The summed E-state index contributed by atoms with van der Waals surface area (Å²) in [7, 11) is 0. The predicted octanol–water partition coefficient (Wildman–Crippen LogP) is 3.08. The van der Waals surface area contributed by atoms with Crippen molar-refractivity contribution in [2.75, 3.05) is 0 Å². The van der Waals surface area contributed by atoms with Crippen LogP contribution >= 0.6 is 0 Å². The van der Waals surface area contributed by atoms with Crippen molar-refractivity contribution in [1.82, 2.24) is 0 Å². The van der Waals surface area contributed by atoms with Crippen LogP contribution in [0.4, 0.5) is 0 Å². The molecule has 80 valence electrons. The lowest BCUT2D eigenvalue weighted by Gasteiger charge is -1.98. The van der Waals surface area contributed by atoms with Crippen LogP contribution in [0.15, 0.2) is 6.08 Å². The van der Waals surface area contributed by atoms with Crippen molar-refractivity contribution in [3.63, 3.8) is 0 Å². The van der Waals surface area contributed by atoms with E-state index < -0.39 is 0 Å². The van der Waals surface area contributed by atoms with Crippen LogP contribution in [0.25, 0.3) is 0 Å². The first-order chi connectivity index (χ1) is 6.81. The maximum Gasteiger partial charge on any atom is 0.132 e. The Balaban J connectivity index is 3.23. The van der Waals surface area contributed by atoms with Gasteiger partial charge in [0.1, 0.15) is 11.7 Å². The normalized spacial score (nSPS) is 9.50. The molecule has 0 saturated heterocycles. The molecule has 0 aromatic rings. The van der Waals surface area contributed by atoms with Crippen LogP contribution in [0.3, 0.4) is 0 Å². The fourth-order valence-corrected chi connectivity index (χ4v) is 1.33. The molecule has 0 aromatic heterocycles. The number of allylic oxidation sites excluding steroid dienone is 1. The molecule has 0 bridgehead atoms. The van der Waals surface area contributed by atoms with Crippen LogP contribution in [-0.4, -0.2) is 11.7 Å². The van der Waals surface area contributed by atoms with Crippen LogP contribution in [0, 0.1) is 0 Å². The van der Waals surface area contributed by atoms with E-state index in [9.17, 15) is 9.59 Å². The first-order valence-electron chi connectivity index (χ1n) is 5.52. The zero-order valence-corrected chi connectivity index (χ0v) is 9.05. The molecule has 0 radical (unpaired) electrons. The average Bonchev–Trinajstić information content (AvgIpc) is 2.19. The minimum atomic E-state index is 0.334. The number of hydrogen-bond donors (Lipinski definition) is 0. The summed E-state index contributed by atoms with van der Waals surface area (Å²) in [5.74, 6) is 2.05. The Bertz CT molecular complexity index is 190. The lowest BCUT2D eigenvalue weighted by atomic mass is 10.1. The molecule has 0 spiro atoms. The van der Waals surface area contributed by atoms with Gasteiger partial charge >= 0.3 is 0 Å². The van der Waals surface area contributed by atoms with Crippen molar-refractivity contribution < 1.29 is 9.59 Å². The number of carbonyl (C=O) groups is 1. The van der Waals surface area contributed by atoms with Gasteiger partial charge in [0.05, 0.1) is 0 Å². The monoisotopic (exact) mass is 196 g/mol. The Labute approximate surface area is 86.4 Å². The summed E-state index contributed by atoms with van der Waals surface area (Å²) in [4.78, 5) is 21.1. The van der Waals surface area contributed by atoms with Gasteiger partial charge < -0.3 is 0 Å². The topological polar surface area (TPSA) is 34.1 Å². The van der Waals surface area contributed by atoms with Gasteiger partial charge in [-0.1, -0.05) is 26.2 Å². The van der Waals surface area contributed by atoms with E-state index in [1.165, 1.54) is 18.9 Å². The van der Waals surface area contributed by atoms with Crippen LogP contribution in [0.5, 0.6) is 0 Å². The smallest absolute Gasteiger partial charge is 0.132 e. The molecular weight excluding hydrogens is 176 g/mol. The molecule has 2 heteroatoms. The van der Waals surface area contributed by atoms with Gasteiger partial charge in [0, 0.05) is 12.8 Å². The molecule has 0 heterocycles. The summed E-state index contributed by atoms with van der Waals surface area (Å²) < 4.78 is 0.